The number of amidine groups is 1. The van der Waals surface area contributed by atoms with Crippen LogP contribution in [0.15, 0.2) is 41.4 Å². The minimum atomic E-state index is -0.565. The monoisotopic (exact) mass is 368 g/mol. The van der Waals surface area contributed by atoms with E-state index in [1.165, 1.54) is 9.80 Å². The second-order valence-corrected chi connectivity index (χ2v) is 6.94. The van der Waals surface area contributed by atoms with Gasteiger partial charge in [0.2, 0.25) is 11.9 Å². The van der Waals surface area contributed by atoms with Crippen LogP contribution < -0.4 is 9.64 Å². The molecule has 1 fully saturated rings. The highest BCUT2D eigenvalue weighted by Gasteiger charge is 2.55. The van der Waals surface area contributed by atoms with Gasteiger partial charge < -0.3 is 4.74 Å². The van der Waals surface area contributed by atoms with Crippen molar-refractivity contribution in [3.8, 4) is 5.75 Å². The molecule has 0 spiro atoms. The Kier molecular flexibility index (Phi) is 3.98. The first-order valence-electron chi connectivity index (χ1n) is 8.79. The van der Waals surface area contributed by atoms with Gasteiger partial charge in [-0.3, -0.25) is 14.6 Å². The number of amides is 3. The summed E-state index contributed by atoms with van der Waals surface area (Å²) in [6.45, 7) is 7.23. The molecular weight excluding hydrogens is 346 g/mol. The highest BCUT2D eigenvalue weighted by atomic mass is 16.5. The second-order valence-electron chi connectivity index (χ2n) is 6.94. The van der Waals surface area contributed by atoms with Crippen LogP contribution in [0.3, 0.4) is 0 Å². The third-order valence-electron chi connectivity index (χ3n) is 5.01. The summed E-state index contributed by atoms with van der Waals surface area (Å²) in [6, 6.07) is 6.77. The Bertz CT molecular complexity index is 902. The third kappa shape index (κ3) is 2.59. The molecule has 3 aliphatic heterocycles. The summed E-state index contributed by atoms with van der Waals surface area (Å²) in [5, 5.41) is 0. The van der Waals surface area contributed by atoms with Crippen molar-refractivity contribution < 1.29 is 18.9 Å². The lowest BCUT2D eigenvalue weighted by atomic mass is 10.1. The standard InChI is InChI=1S/C19H22N5O3/c1-12(2)11-24-17(25)15-16(21(3)19(24)26)20-18-22(9-10-23(15)18)13-5-7-14(27-4)8-6-13/h5-8,15H,1,9-11H2,2-4H3/q+1. The molecule has 3 heterocycles. The molecule has 3 aliphatic rings. The van der Waals surface area contributed by atoms with Crippen LogP contribution in [0.4, 0.5) is 10.5 Å². The van der Waals surface area contributed by atoms with E-state index in [1.807, 2.05) is 28.8 Å². The van der Waals surface area contributed by atoms with E-state index in [0.29, 0.717) is 18.3 Å². The maximum atomic E-state index is 13.0. The molecular formula is C19H22N5O3+. The number of hydrogen-bond donors (Lipinski definition) is 0. The number of likely N-dealkylation sites (N-methyl/N-ethyl adjacent to an activating group) is 1. The number of aliphatic imine (C=N–C) groups is 1. The van der Waals surface area contributed by atoms with Crippen LogP contribution in [0.2, 0.25) is 0 Å². The first-order valence-corrected chi connectivity index (χ1v) is 8.79. The summed E-state index contributed by atoms with van der Waals surface area (Å²) in [4.78, 5) is 35.1. The Labute approximate surface area is 157 Å². The van der Waals surface area contributed by atoms with Crippen molar-refractivity contribution in [2.75, 3.05) is 38.7 Å². The Morgan fingerprint density at radius 3 is 2.67 bits per heavy atom. The predicted octanol–water partition coefficient (Wildman–Crippen LogP) is 1.13. The Balaban J connectivity index is 1.69. The van der Waals surface area contributed by atoms with Gasteiger partial charge in [-0.05, 0) is 31.2 Å². The van der Waals surface area contributed by atoms with Gasteiger partial charge in [-0.2, -0.15) is 0 Å². The van der Waals surface area contributed by atoms with Crippen LogP contribution in [0, 0.1) is 0 Å². The lowest BCUT2D eigenvalue weighted by Crippen LogP contribution is -2.62. The van der Waals surface area contributed by atoms with Gasteiger partial charge in [0.05, 0.1) is 20.2 Å². The largest absolute Gasteiger partial charge is 0.497 e. The molecule has 0 saturated carbocycles. The van der Waals surface area contributed by atoms with E-state index in [0.717, 1.165) is 23.6 Å². The number of nitrogens with zero attached hydrogens (tertiary/aromatic N) is 5. The fraction of sp³-hybridized carbons (Fsp3) is 0.368. The smallest absolute Gasteiger partial charge is 0.397 e. The molecule has 3 amide bonds. The summed E-state index contributed by atoms with van der Waals surface area (Å²) in [7, 11) is 3.29. The van der Waals surface area contributed by atoms with E-state index in [4.69, 9.17) is 4.74 Å². The molecule has 0 radical (unpaired) electrons. The molecule has 8 nitrogen and oxygen atoms in total. The van der Waals surface area contributed by atoms with Crippen LogP contribution >= 0.6 is 0 Å². The number of imide groups is 1. The number of benzene rings is 1. The summed E-state index contributed by atoms with van der Waals surface area (Å²) in [5.74, 6) is 1.72. The molecule has 8 heteroatoms. The van der Waals surface area contributed by atoms with Crippen LogP contribution in [0.1, 0.15) is 6.92 Å². The molecule has 4 rings (SSSR count). The topological polar surface area (TPSA) is 68.5 Å². The van der Waals surface area contributed by atoms with Crippen LogP contribution in [0.25, 0.3) is 0 Å². The number of anilines is 1. The summed E-state index contributed by atoms with van der Waals surface area (Å²) in [5.41, 5.74) is 1.73. The first kappa shape index (κ1) is 17.3. The number of urea groups is 1. The molecule has 1 unspecified atom stereocenters. The maximum absolute atomic E-state index is 13.0. The highest BCUT2D eigenvalue weighted by Crippen LogP contribution is 2.28. The van der Waals surface area contributed by atoms with Gasteiger partial charge in [-0.15, -0.1) is 0 Å². The number of carbonyl (C=O) groups is 2. The number of ether oxygens (including phenoxy) is 1. The van der Waals surface area contributed by atoms with Crippen LogP contribution in [0.5, 0.6) is 5.75 Å². The zero-order valence-electron chi connectivity index (χ0n) is 15.7. The molecule has 0 bridgehead atoms. The molecule has 0 aliphatic carbocycles. The van der Waals surface area contributed by atoms with Gasteiger partial charge in [-0.1, -0.05) is 17.1 Å². The number of carbonyl (C=O) groups excluding carboxylic acids is 2. The number of hydrogen-bond acceptors (Lipinski definition) is 5. The SMILES string of the molecule is C=C(C)CN1C(=O)C2C(=NC3=[N+]2CCN3c2ccc(OC)cc2)N(C)C1=O. The van der Waals surface area contributed by atoms with E-state index in [9.17, 15) is 9.59 Å². The average molecular weight is 368 g/mol. The van der Waals surface area contributed by atoms with Crippen molar-refractivity contribution in [3.63, 3.8) is 0 Å². The zero-order valence-corrected chi connectivity index (χ0v) is 15.7. The van der Waals surface area contributed by atoms with Gasteiger partial charge >= 0.3 is 12.0 Å². The maximum Gasteiger partial charge on any atom is 0.397 e. The van der Waals surface area contributed by atoms with E-state index in [2.05, 4.69) is 16.5 Å². The Morgan fingerprint density at radius 2 is 2.04 bits per heavy atom. The molecule has 1 atom stereocenters. The fourth-order valence-corrected chi connectivity index (χ4v) is 3.68. The van der Waals surface area contributed by atoms with Gasteiger partial charge in [0, 0.05) is 7.05 Å². The van der Waals surface area contributed by atoms with Gasteiger partial charge in [0.1, 0.15) is 18.0 Å². The molecule has 140 valence electrons. The molecule has 1 aromatic carbocycles. The highest BCUT2D eigenvalue weighted by molar-refractivity contribution is 6.24. The minimum Gasteiger partial charge on any atom is -0.497 e. The van der Waals surface area contributed by atoms with Crippen molar-refractivity contribution >= 4 is 29.4 Å². The molecule has 0 aromatic heterocycles. The number of rotatable bonds is 4. The quantitative estimate of drug-likeness (QED) is 0.590. The average Bonchev–Trinajstić information content (AvgIpc) is 3.22. The zero-order chi connectivity index (χ0) is 19.3. The van der Waals surface area contributed by atoms with E-state index in [1.54, 1.807) is 21.1 Å². The van der Waals surface area contributed by atoms with Gasteiger partial charge in [-0.25, -0.2) is 14.3 Å². The summed E-state index contributed by atoms with van der Waals surface area (Å²) in [6.07, 6.45) is 0. The third-order valence-corrected chi connectivity index (χ3v) is 5.01. The lowest BCUT2D eigenvalue weighted by molar-refractivity contribution is -0.525. The first-order chi connectivity index (χ1) is 12.9. The lowest BCUT2D eigenvalue weighted by Gasteiger charge is -2.34. The number of guanidine groups is 1. The predicted molar refractivity (Wildman–Crippen MR) is 101 cm³/mol. The Morgan fingerprint density at radius 1 is 1.33 bits per heavy atom. The van der Waals surface area contributed by atoms with Crippen molar-refractivity contribution in [1.29, 1.82) is 0 Å². The molecule has 27 heavy (non-hydrogen) atoms. The fourth-order valence-electron chi connectivity index (χ4n) is 3.68. The second kappa shape index (κ2) is 6.22. The Hall–Kier alpha value is -3.16. The van der Waals surface area contributed by atoms with Crippen molar-refractivity contribution in [2.45, 2.75) is 13.0 Å². The molecule has 1 aromatic rings. The van der Waals surface area contributed by atoms with E-state index < -0.39 is 6.04 Å². The summed E-state index contributed by atoms with van der Waals surface area (Å²) >= 11 is 0. The number of methoxy groups -OCH3 is 1. The van der Waals surface area contributed by atoms with E-state index in [-0.39, 0.29) is 18.5 Å². The van der Waals surface area contributed by atoms with Gasteiger partial charge in [0.15, 0.2) is 0 Å². The minimum absolute atomic E-state index is 0.219. The van der Waals surface area contributed by atoms with Crippen molar-refractivity contribution in [3.05, 3.63) is 36.4 Å². The van der Waals surface area contributed by atoms with Crippen molar-refractivity contribution in [2.24, 2.45) is 4.99 Å². The normalized spacial score (nSPS) is 21.5. The van der Waals surface area contributed by atoms with E-state index >= 15 is 0 Å². The molecule has 1 saturated heterocycles. The van der Waals surface area contributed by atoms with Gasteiger partial charge in [0.25, 0.3) is 5.91 Å². The van der Waals surface area contributed by atoms with Crippen LogP contribution in [-0.4, -0.2) is 77.9 Å². The number of fused-ring (bicyclic) bond motifs is 2. The van der Waals surface area contributed by atoms with Crippen LogP contribution in [-0.2, 0) is 4.79 Å². The summed E-state index contributed by atoms with van der Waals surface area (Å²) < 4.78 is 7.18. The molecule has 0 N–H and O–H groups in total. The van der Waals surface area contributed by atoms with Crippen molar-refractivity contribution in [1.82, 2.24) is 9.80 Å².